The van der Waals surface area contributed by atoms with Crippen LogP contribution in [0.2, 0.25) is 5.02 Å². The molecule has 0 fully saturated rings. The molecule has 148 valence electrons. The van der Waals surface area contributed by atoms with E-state index in [1.807, 2.05) is 40.2 Å². The Hall–Kier alpha value is -2.67. The summed E-state index contributed by atoms with van der Waals surface area (Å²) in [7, 11) is 0. The van der Waals surface area contributed by atoms with Gasteiger partial charge in [-0.3, -0.25) is 14.0 Å². The first-order valence-electron chi connectivity index (χ1n) is 8.62. The van der Waals surface area contributed by atoms with Crippen LogP contribution >= 0.6 is 35.3 Å². The third-order valence-electron chi connectivity index (χ3n) is 4.34. The van der Waals surface area contributed by atoms with E-state index in [-0.39, 0.29) is 30.5 Å². The van der Waals surface area contributed by atoms with Gasteiger partial charge in [-0.15, -0.1) is 23.7 Å². The van der Waals surface area contributed by atoms with Gasteiger partial charge in [-0.1, -0.05) is 23.7 Å². The van der Waals surface area contributed by atoms with Crippen molar-refractivity contribution in [1.29, 1.82) is 0 Å². The lowest BCUT2D eigenvalue weighted by Gasteiger charge is -2.05. The molecule has 0 aliphatic heterocycles. The first-order chi connectivity index (χ1) is 13.5. The molecule has 5 nitrogen and oxygen atoms in total. The molecule has 0 saturated heterocycles. The summed E-state index contributed by atoms with van der Waals surface area (Å²) in [6.45, 7) is 1.51. The number of rotatable bonds is 5. The van der Waals surface area contributed by atoms with Crippen molar-refractivity contribution in [3.8, 4) is 11.3 Å². The number of nitrogens with one attached hydrogen (secondary N) is 1. The number of nitrogens with zero attached hydrogens (tertiary/aromatic N) is 2. The molecule has 0 aliphatic rings. The molecule has 1 amide bonds. The number of amides is 1. The zero-order chi connectivity index (χ0) is 19.7. The summed E-state index contributed by atoms with van der Waals surface area (Å²) < 4.78 is 1.94. The number of imidazole rings is 1. The predicted molar refractivity (Wildman–Crippen MR) is 120 cm³/mol. The van der Waals surface area contributed by atoms with Gasteiger partial charge in [0.25, 0.3) is 0 Å². The standard InChI is InChI=1S/C21H16ClN3O2S.ClH/c1-13(26)14-4-8-17(9-5-14)23-20(27)10-18-12-28-21-24-19(11-25(18)21)15-2-6-16(22)7-3-15;/h2-9,11-12H,10H2,1H3,(H,23,27);1H. The van der Waals surface area contributed by atoms with E-state index >= 15 is 0 Å². The summed E-state index contributed by atoms with van der Waals surface area (Å²) >= 11 is 7.44. The Kier molecular flexibility index (Phi) is 6.37. The van der Waals surface area contributed by atoms with Gasteiger partial charge in [-0.05, 0) is 43.3 Å². The highest BCUT2D eigenvalue weighted by atomic mass is 35.5. The number of hydrogen-bond acceptors (Lipinski definition) is 4. The maximum absolute atomic E-state index is 12.4. The van der Waals surface area contributed by atoms with Crippen molar-refractivity contribution in [3.63, 3.8) is 0 Å². The maximum Gasteiger partial charge on any atom is 0.230 e. The SMILES string of the molecule is CC(=O)c1ccc(NC(=O)Cc2csc3nc(-c4ccc(Cl)cc4)cn23)cc1.Cl. The largest absolute Gasteiger partial charge is 0.326 e. The van der Waals surface area contributed by atoms with Gasteiger partial charge in [-0.2, -0.15) is 0 Å². The van der Waals surface area contributed by atoms with Crippen LogP contribution in [0.4, 0.5) is 5.69 Å². The number of carbonyl (C=O) groups excluding carboxylic acids is 2. The van der Waals surface area contributed by atoms with Gasteiger partial charge in [0.1, 0.15) is 0 Å². The highest BCUT2D eigenvalue weighted by molar-refractivity contribution is 7.15. The predicted octanol–water partition coefficient (Wildman–Crippen LogP) is 5.52. The van der Waals surface area contributed by atoms with E-state index in [2.05, 4.69) is 10.3 Å². The highest BCUT2D eigenvalue weighted by Gasteiger charge is 2.13. The van der Waals surface area contributed by atoms with Crippen molar-refractivity contribution in [1.82, 2.24) is 9.38 Å². The quantitative estimate of drug-likeness (QED) is 0.411. The topological polar surface area (TPSA) is 63.5 Å². The van der Waals surface area contributed by atoms with E-state index in [9.17, 15) is 9.59 Å². The minimum atomic E-state index is -0.128. The van der Waals surface area contributed by atoms with Crippen LogP contribution in [0.15, 0.2) is 60.1 Å². The first kappa shape index (κ1) is 21.0. The van der Waals surface area contributed by atoms with Gasteiger partial charge in [0, 0.05) is 39.1 Å². The van der Waals surface area contributed by atoms with Crippen LogP contribution in [0.25, 0.3) is 16.2 Å². The van der Waals surface area contributed by atoms with E-state index in [4.69, 9.17) is 11.6 Å². The number of thiazole rings is 1. The van der Waals surface area contributed by atoms with Crippen LogP contribution in [0, 0.1) is 0 Å². The van der Waals surface area contributed by atoms with E-state index in [0.29, 0.717) is 16.3 Å². The molecule has 2 aromatic heterocycles. The van der Waals surface area contributed by atoms with E-state index in [1.165, 1.54) is 18.3 Å². The van der Waals surface area contributed by atoms with Crippen LogP contribution in [0.1, 0.15) is 23.0 Å². The van der Waals surface area contributed by atoms with Gasteiger partial charge < -0.3 is 5.32 Å². The van der Waals surface area contributed by atoms with Gasteiger partial charge >= 0.3 is 0 Å². The van der Waals surface area contributed by atoms with Crippen LogP contribution in [-0.2, 0) is 11.2 Å². The molecule has 0 atom stereocenters. The molecule has 0 radical (unpaired) electrons. The summed E-state index contributed by atoms with van der Waals surface area (Å²) in [6, 6.07) is 14.4. The van der Waals surface area contributed by atoms with Gasteiger partial charge in [0.2, 0.25) is 5.91 Å². The van der Waals surface area contributed by atoms with Crippen molar-refractivity contribution in [2.45, 2.75) is 13.3 Å². The molecule has 1 N–H and O–H groups in total. The third-order valence-corrected chi connectivity index (χ3v) is 5.48. The number of Topliss-reactive ketones (excluding diaryl/α,β-unsaturated/α-hetero) is 1. The lowest BCUT2D eigenvalue weighted by molar-refractivity contribution is -0.115. The molecule has 0 unspecified atom stereocenters. The molecule has 8 heteroatoms. The molecule has 0 spiro atoms. The number of halogens is 2. The Bertz CT molecular complexity index is 1170. The Morgan fingerprint density at radius 2 is 1.79 bits per heavy atom. The second kappa shape index (κ2) is 8.78. The first-order valence-corrected chi connectivity index (χ1v) is 9.87. The molecule has 2 aromatic carbocycles. The lowest BCUT2D eigenvalue weighted by Crippen LogP contribution is -2.15. The van der Waals surface area contributed by atoms with Crippen LogP contribution < -0.4 is 5.32 Å². The number of ketones is 1. The zero-order valence-corrected chi connectivity index (χ0v) is 17.8. The molecule has 0 saturated carbocycles. The van der Waals surface area contributed by atoms with E-state index < -0.39 is 0 Å². The van der Waals surface area contributed by atoms with E-state index in [1.54, 1.807) is 24.3 Å². The Balaban J connectivity index is 0.00000240. The molecular formula is C21H17Cl2N3O2S. The van der Waals surface area contributed by atoms with Crippen molar-refractivity contribution in [2.75, 3.05) is 5.32 Å². The number of aromatic nitrogens is 2. The Labute approximate surface area is 182 Å². The Morgan fingerprint density at radius 3 is 2.45 bits per heavy atom. The van der Waals surface area contributed by atoms with E-state index in [0.717, 1.165) is 21.9 Å². The third kappa shape index (κ3) is 4.67. The van der Waals surface area contributed by atoms with Crippen LogP contribution in [0.5, 0.6) is 0 Å². The summed E-state index contributed by atoms with van der Waals surface area (Å²) in [4.78, 5) is 29.2. The smallest absolute Gasteiger partial charge is 0.230 e. The van der Waals surface area contributed by atoms with Crippen molar-refractivity contribution in [3.05, 3.63) is 76.4 Å². The fraction of sp³-hybridized carbons (Fsp3) is 0.0952. The normalized spacial score (nSPS) is 10.6. The Morgan fingerprint density at radius 1 is 1.10 bits per heavy atom. The summed E-state index contributed by atoms with van der Waals surface area (Å²) in [5, 5.41) is 5.48. The average Bonchev–Trinajstić information content (AvgIpc) is 3.25. The second-order valence-corrected chi connectivity index (χ2v) is 7.64. The minimum absolute atomic E-state index is 0. The van der Waals surface area contributed by atoms with Gasteiger partial charge in [0.15, 0.2) is 10.7 Å². The molecule has 0 bridgehead atoms. The van der Waals surface area contributed by atoms with Crippen LogP contribution in [-0.4, -0.2) is 21.1 Å². The fourth-order valence-corrected chi connectivity index (χ4v) is 3.87. The van der Waals surface area contributed by atoms with Gasteiger partial charge in [-0.25, -0.2) is 4.98 Å². The number of fused-ring (bicyclic) bond motifs is 1. The number of anilines is 1. The average molecular weight is 446 g/mol. The van der Waals surface area contributed by atoms with Crippen molar-refractivity contribution < 1.29 is 9.59 Å². The fourth-order valence-electron chi connectivity index (χ4n) is 2.87. The molecule has 29 heavy (non-hydrogen) atoms. The number of benzene rings is 2. The molecule has 2 heterocycles. The molecule has 4 rings (SSSR count). The lowest BCUT2D eigenvalue weighted by atomic mass is 10.1. The number of hydrogen-bond donors (Lipinski definition) is 1. The highest BCUT2D eigenvalue weighted by Crippen LogP contribution is 2.25. The monoisotopic (exact) mass is 445 g/mol. The minimum Gasteiger partial charge on any atom is -0.326 e. The summed E-state index contributed by atoms with van der Waals surface area (Å²) in [6.07, 6.45) is 2.16. The molecule has 0 aliphatic carbocycles. The molecule has 4 aromatic rings. The van der Waals surface area contributed by atoms with Crippen molar-refractivity contribution in [2.24, 2.45) is 0 Å². The maximum atomic E-state index is 12.4. The zero-order valence-electron chi connectivity index (χ0n) is 15.4. The van der Waals surface area contributed by atoms with Crippen LogP contribution in [0.3, 0.4) is 0 Å². The number of carbonyl (C=O) groups is 2. The second-order valence-electron chi connectivity index (χ2n) is 6.37. The van der Waals surface area contributed by atoms with Gasteiger partial charge in [0.05, 0.1) is 12.1 Å². The summed E-state index contributed by atoms with van der Waals surface area (Å²) in [5.74, 6) is -0.132. The summed E-state index contributed by atoms with van der Waals surface area (Å²) in [5.41, 5.74) is 3.96. The van der Waals surface area contributed by atoms with Crippen molar-refractivity contribution >= 4 is 57.7 Å². The molecular weight excluding hydrogens is 429 g/mol.